The fourth-order valence-corrected chi connectivity index (χ4v) is 2.95. The van der Waals surface area contributed by atoms with Crippen molar-refractivity contribution in [2.24, 2.45) is 5.92 Å². The second-order valence-corrected chi connectivity index (χ2v) is 7.45. The van der Waals surface area contributed by atoms with Gasteiger partial charge >= 0.3 is 11.9 Å². The zero-order valence-corrected chi connectivity index (χ0v) is 17.0. The van der Waals surface area contributed by atoms with Crippen molar-refractivity contribution >= 4 is 29.7 Å². The molecule has 3 amide bonds. The van der Waals surface area contributed by atoms with Crippen molar-refractivity contribution in [2.45, 2.75) is 63.7 Å². The molecule has 7 N–H and O–H groups in total. The third-order valence-corrected chi connectivity index (χ3v) is 4.70. The van der Waals surface area contributed by atoms with Crippen LogP contribution in [0.1, 0.15) is 39.5 Å². The number of rotatable bonds is 12. The predicted molar refractivity (Wildman–Crippen MR) is 103 cm³/mol. The molecule has 4 atom stereocenters. The minimum atomic E-state index is -1.54. The van der Waals surface area contributed by atoms with Gasteiger partial charge in [0.2, 0.25) is 17.7 Å². The summed E-state index contributed by atoms with van der Waals surface area (Å²) in [6.07, 6.45) is 0.837. The molecule has 0 aliphatic carbocycles. The molecule has 0 aromatic heterocycles. The van der Waals surface area contributed by atoms with Crippen LogP contribution in [-0.4, -0.2) is 82.3 Å². The van der Waals surface area contributed by atoms with Crippen LogP contribution >= 0.6 is 0 Å². The van der Waals surface area contributed by atoms with Crippen molar-refractivity contribution < 1.29 is 39.3 Å². The molecule has 0 aromatic rings. The number of carbonyl (C=O) groups excluding carboxylic acids is 3. The molecular weight excluding hydrogens is 400 g/mol. The van der Waals surface area contributed by atoms with Crippen LogP contribution in [0, 0.1) is 5.92 Å². The van der Waals surface area contributed by atoms with Crippen LogP contribution in [0.15, 0.2) is 0 Å². The van der Waals surface area contributed by atoms with Crippen LogP contribution < -0.4 is 21.3 Å². The van der Waals surface area contributed by atoms with Gasteiger partial charge in [-0.15, -0.1) is 0 Å². The van der Waals surface area contributed by atoms with E-state index in [2.05, 4.69) is 21.3 Å². The van der Waals surface area contributed by atoms with Gasteiger partial charge in [-0.25, -0.2) is 4.79 Å². The monoisotopic (exact) mass is 430 g/mol. The summed E-state index contributed by atoms with van der Waals surface area (Å²) in [6, 6.07) is -4.35. The summed E-state index contributed by atoms with van der Waals surface area (Å²) in [4.78, 5) is 59.4. The van der Waals surface area contributed by atoms with Crippen LogP contribution in [0.3, 0.4) is 0 Å². The van der Waals surface area contributed by atoms with E-state index >= 15 is 0 Å². The maximum atomic E-state index is 12.7. The van der Waals surface area contributed by atoms with Gasteiger partial charge in [0.05, 0.1) is 12.6 Å². The summed E-state index contributed by atoms with van der Waals surface area (Å²) >= 11 is 0. The Morgan fingerprint density at radius 1 is 1.00 bits per heavy atom. The first-order valence-electron chi connectivity index (χ1n) is 9.76. The minimum Gasteiger partial charge on any atom is -0.481 e. The molecule has 30 heavy (non-hydrogen) atoms. The molecule has 1 aliphatic rings. The molecule has 1 aliphatic heterocycles. The molecule has 0 aromatic carbocycles. The van der Waals surface area contributed by atoms with Gasteiger partial charge in [-0.05, 0) is 31.7 Å². The lowest BCUT2D eigenvalue weighted by Gasteiger charge is -2.26. The van der Waals surface area contributed by atoms with Gasteiger partial charge in [-0.1, -0.05) is 13.8 Å². The molecule has 1 fully saturated rings. The summed E-state index contributed by atoms with van der Waals surface area (Å²) in [7, 11) is 0. The van der Waals surface area contributed by atoms with Crippen molar-refractivity contribution in [2.75, 3.05) is 13.2 Å². The van der Waals surface area contributed by atoms with Crippen LogP contribution in [0.2, 0.25) is 0 Å². The Balaban J connectivity index is 2.87. The average Bonchev–Trinajstić information content (AvgIpc) is 3.21. The minimum absolute atomic E-state index is 0.180. The number of carbonyl (C=O) groups is 5. The lowest BCUT2D eigenvalue weighted by Crippen LogP contribution is -2.58. The third-order valence-electron chi connectivity index (χ3n) is 4.70. The van der Waals surface area contributed by atoms with E-state index in [0.717, 1.165) is 6.42 Å². The van der Waals surface area contributed by atoms with Gasteiger partial charge in [0.15, 0.2) is 0 Å². The van der Waals surface area contributed by atoms with Crippen molar-refractivity contribution in [1.82, 2.24) is 21.3 Å². The summed E-state index contributed by atoms with van der Waals surface area (Å²) in [5.41, 5.74) is 0. The highest BCUT2D eigenvalue weighted by atomic mass is 16.4. The number of nitrogens with one attached hydrogen (secondary N) is 4. The first-order valence-corrected chi connectivity index (χ1v) is 9.76. The van der Waals surface area contributed by atoms with Gasteiger partial charge in [0, 0.05) is 6.42 Å². The van der Waals surface area contributed by atoms with Crippen LogP contribution in [0.5, 0.6) is 0 Å². The third kappa shape index (κ3) is 7.95. The lowest BCUT2D eigenvalue weighted by atomic mass is 10.0. The van der Waals surface area contributed by atoms with Crippen molar-refractivity contribution in [3.63, 3.8) is 0 Å². The molecule has 0 saturated carbocycles. The van der Waals surface area contributed by atoms with E-state index in [4.69, 9.17) is 15.3 Å². The highest BCUT2D eigenvalue weighted by Gasteiger charge is 2.32. The molecule has 0 radical (unpaired) electrons. The second-order valence-electron chi connectivity index (χ2n) is 7.45. The number of carboxylic acids is 2. The molecule has 1 saturated heterocycles. The maximum absolute atomic E-state index is 12.7. The fraction of sp³-hybridized carbons (Fsp3) is 0.722. The highest BCUT2D eigenvalue weighted by Crippen LogP contribution is 2.08. The fourth-order valence-electron chi connectivity index (χ4n) is 2.95. The molecule has 4 unspecified atom stereocenters. The molecule has 1 rings (SSSR count). The Kier molecular flexibility index (Phi) is 10.2. The van der Waals surface area contributed by atoms with Gasteiger partial charge in [0.25, 0.3) is 0 Å². The number of aliphatic hydroxyl groups excluding tert-OH is 1. The predicted octanol–water partition coefficient (Wildman–Crippen LogP) is -2.21. The topological polar surface area (TPSA) is 194 Å². The number of aliphatic carboxylic acids is 2. The first-order chi connectivity index (χ1) is 14.1. The van der Waals surface area contributed by atoms with E-state index in [1.807, 2.05) is 0 Å². The summed E-state index contributed by atoms with van der Waals surface area (Å²) < 4.78 is 0. The molecule has 170 valence electrons. The molecule has 1 heterocycles. The standard InChI is InChI=1S/C18H30N4O8/c1-9(2)14(17(28)21-12(8-23)18(29)30)22-16(27)11(5-6-13(24)25)20-15(26)10-4-3-7-19-10/h9-12,14,19,23H,3-8H2,1-2H3,(H,20,26)(H,21,28)(H,22,27)(H,24,25)(H,29,30). The molecule has 12 heteroatoms. The number of carboxylic acid groups (broad SMARTS) is 2. The number of aliphatic hydroxyl groups is 1. The van der Waals surface area contributed by atoms with Crippen LogP contribution in [0.4, 0.5) is 0 Å². The van der Waals surface area contributed by atoms with Gasteiger partial charge in [-0.2, -0.15) is 0 Å². The number of hydrogen-bond acceptors (Lipinski definition) is 7. The van der Waals surface area contributed by atoms with E-state index in [0.29, 0.717) is 13.0 Å². The number of hydrogen-bond donors (Lipinski definition) is 7. The Morgan fingerprint density at radius 2 is 1.67 bits per heavy atom. The lowest BCUT2D eigenvalue weighted by molar-refractivity contribution is -0.143. The highest BCUT2D eigenvalue weighted by molar-refractivity contribution is 5.94. The van der Waals surface area contributed by atoms with Crippen molar-refractivity contribution in [3.05, 3.63) is 0 Å². The van der Waals surface area contributed by atoms with E-state index in [1.165, 1.54) is 0 Å². The second kappa shape index (κ2) is 12.1. The maximum Gasteiger partial charge on any atom is 0.328 e. The van der Waals surface area contributed by atoms with Gasteiger partial charge < -0.3 is 36.6 Å². The normalized spacial score (nSPS) is 18.9. The Hall–Kier alpha value is -2.73. The molecule has 0 bridgehead atoms. The summed E-state index contributed by atoms with van der Waals surface area (Å²) in [6.45, 7) is 3.07. The first kappa shape index (κ1) is 25.3. The van der Waals surface area contributed by atoms with E-state index in [1.54, 1.807) is 13.8 Å². The zero-order chi connectivity index (χ0) is 22.8. The Labute approximate surface area is 173 Å². The smallest absolute Gasteiger partial charge is 0.328 e. The summed E-state index contributed by atoms with van der Waals surface area (Å²) in [5, 5.41) is 37.0. The van der Waals surface area contributed by atoms with Gasteiger partial charge in [-0.3, -0.25) is 19.2 Å². The zero-order valence-electron chi connectivity index (χ0n) is 17.0. The van der Waals surface area contributed by atoms with E-state index in [9.17, 15) is 24.0 Å². The van der Waals surface area contributed by atoms with E-state index < -0.39 is 66.4 Å². The Bertz CT molecular complexity index is 648. The molecular formula is C18H30N4O8. The molecule has 12 nitrogen and oxygen atoms in total. The number of amides is 3. The largest absolute Gasteiger partial charge is 0.481 e. The molecule has 0 spiro atoms. The van der Waals surface area contributed by atoms with Crippen molar-refractivity contribution in [1.29, 1.82) is 0 Å². The Morgan fingerprint density at radius 3 is 2.13 bits per heavy atom. The quantitative estimate of drug-likeness (QED) is 0.180. The average molecular weight is 430 g/mol. The van der Waals surface area contributed by atoms with Crippen LogP contribution in [-0.2, 0) is 24.0 Å². The van der Waals surface area contributed by atoms with Crippen LogP contribution in [0.25, 0.3) is 0 Å². The van der Waals surface area contributed by atoms with Crippen molar-refractivity contribution in [3.8, 4) is 0 Å². The van der Waals surface area contributed by atoms with Gasteiger partial charge in [0.1, 0.15) is 18.1 Å². The SMILES string of the molecule is CC(C)C(NC(=O)C(CCC(=O)O)NC(=O)C1CCCN1)C(=O)NC(CO)C(=O)O. The van der Waals surface area contributed by atoms with E-state index in [-0.39, 0.29) is 12.8 Å². The summed E-state index contributed by atoms with van der Waals surface area (Å²) in [5.74, 6) is -5.04.